The number of benzene rings is 1. The van der Waals surface area contributed by atoms with Crippen LogP contribution in [0, 0.1) is 0 Å². The molecule has 0 aliphatic heterocycles. The van der Waals surface area contributed by atoms with Gasteiger partial charge in [0, 0.05) is 0 Å². The predicted octanol–water partition coefficient (Wildman–Crippen LogP) is 1.56. The van der Waals surface area contributed by atoms with Crippen molar-refractivity contribution in [2.24, 2.45) is 0 Å². The van der Waals surface area contributed by atoms with Crippen LogP contribution >= 0.6 is 11.6 Å². The third-order valence-corrected chi connectivity index (χ3v) is 2.22. The average molecular weight is 209 g/mol. The van der Waals surface area contributed by atoms with Crippen molar-refractivity contribution in [1.82, 2.24) is 14.8 Å². The minimum atomic E-state index is 0.576. The molecule has 0 saturated heterocycles. The van der Waals surface area contributed by atoms with E-state index in [9.17, 15) is 0 Å². The highest BCUT2D eigenvalue weighted by atomic mass is 35.5. The Morgan fingerprint density at radius 3 is 2.93 bits per heavy atom. The minimum absolute atomic E-state index is 0.576. The van der Waals surface area contributed by atoms with Gasteiger partial charge in [0.05, 0.1) is 17.3 Å². The molecule has 1 heterocycles. The largest absolute Gasteiger partial charge is 0.398 e. The van der Waals surface area contributed by atoms with Crippen LogP contribution in [0.25, 0.3) is 0 Å². The van der Waals surface area contributed by atoms with Gasteiger partial charge in [0.15, 0.2) is 0 Å². The molecule has 0 unspecified atom stereocenters. The Bertz CT molecular complexity index is 424. The molecule has 0 spiro atoms. The highest BCUT2D eigenvalue weighted by molar-refractivity contribution is 6.33. The molecule has 14 heavy (non-hydrogen) atoms. The molecule has 1 aromatic carbocycles. The average Bonchev–Trinajstić information content (AvgIpc) is 2.64. The first-order chi connectivity index (χ1) is 6.75. The van der Waals surface area contributed by atoms with E-state index in [-0.39, 0.29) is 0 Å². The van der Waals surface area contributed by atoms with Crippen molar-refractivity contribution in [2.45, 2.75) is 6.54 Å². The van der Waals surface area contributed by atoms with Crippen LogP contribution in [0.3, 0.4) is 0 Å². The summed E-state index contributed by atoms with van der Waals surface area (Å²) in [5.41, 5.74) is 7.31. The van der Waals surface area contributed by atoms with Crippen LogP contribution in [0.4, 0.5) is 5.69 Å². The van der Waals surface area contributed by atoms with Crippen LogP contribution < -0.4 is 5.73 Å². The smallest absolute Gasteiger partial charge is 0.137 e. The van der Waals surface area contributed by atoms with Crippen molar-refractivity contribution < 1.29 is 0 Å². The van der Waals surface area contributed by atoms with Crippen molar-refractivity contribution in [3.8, 4) is 0 Å². The molecule has 2 rings (SSSR count). The Labute approximate surface area is 86.3 Å². The van der Waals surface area contributed by atoms with E-state index in [0.717, 1.165) is 5.56 Å². The highest BCUT2D eigenvalue weighted by Gasteiger charge is 1.99. The first kappa shape index (κ1) is 9.02. The maximum absolute atomic E-state index is 5.80. The van der Waals surface area contributed by atoms with Crippen LogP contribution in [0.15, 0.2) is 30.9 Å². The molecule has 4 nitrogen and oxygen atoms in total. The molecule has 5 heteroatoms. The van der Waals surface area contributed by atoms with Crippen molar-refractivity contribution in [1.29, 1.82) is 0 Å². The first-order valence-corrected chi connectivity index (χ1v) is 4.50. The Morgan fingerprint density at radius 2 is 2.29 bits per heavy atom. The lowest BCUT2D eigenvalue weighted by atomic mass is 10.2. The summed E-state index contributed by atoms with van der Waals surface area (Å²) in [6, 6.07) is 5.54. The highest BCUT2D eigenvalue weighted by Crippen LogP contribution is 2.19. The summed E-state index contributed by atoms with van der Waals surface area (Å²) in [6.07, 6.45) is 3.16. The van der Waals surface area contributed by atoms with Crippen molar-refractivity contribution in [3.05, 3.63) is 41.4 Å². The molecule has 0 amide bonds. The molecule has 0 radical (unpaired) electrons. The molecule has 0 bridgehead atoms. The third kappa shape index (κ3) is 1.85. The quantitative estimate of drug-likeness (QED) is 0.763. The fourth-order valence-electron chi connectivity index (χ4n) is 1.19. The van der Waals surface area contributed by atoms with E-state index >= 15 is 0 Å². The lowest BCUT2D eigenvalue weighted by molar-refractivity contribution is 0.685. The fourth-order valence-corrected chi connectivity index (χ4v) is 1.31. The zero-order valence-electron chi connectivity index (χ0n) is 7.39. The fraction of sp³-hybridized carbons (Fsp3) is 0.111. The number of aromatic nitrogens is 3. The van der Waals surface area contributed by atoms with E-state index < -0.39 is 0 Å². The van der Waals surface area contributed by atoms with Crippen molar-refractivity contribution in [2.75, 3.05) is 5.73 Å². The molecule has 2 N–H and O–H groups in total. The Morgan fingerprint density at radius 1 is 1.43 bits per heavy atom. The molecule has 0 fully saturated rings. The normalized spacial score (nSPS) is 10.4. The molecule has 1 aromatic heterocycles. The van der Waals surface area contributed by atoms with Gasteiger partial charge in [0.1, 0.15) is 12.7 Å². The summed E-state index contributed by atoms with van der Waals surface area (Å²) in [4.78, 5) is 3.85. The predicted molar refractivity (Wildman–Crippen MR) is 55.0 cm³/mol. The standard InChI is InChI=1S/C9H9ClN4/c10-8-2-1-7(3-9(8)11)4-14-6-12-5-13-14/h1-3,5-6H,4,11H2. The van der Waals surface area contributed by atoms with E-state index in [0.29, 0.717) is 17.3 Å². The number of anilines is 1. The Kier molecular flexibility index (Phi) is 2.37. The number of hydrogen-bond acceptors (Lipinski definition) is 3. The summed E-state index contributed by atoms with van der Waals surface area (Å²) < 4.78 is 1.72. The van der Waals surface area contributed by atoms with Gasteiger partial charge in [0.2, 0.25) is 0 Å². The zero-order valence-corrected chi connectivity index (χ0v) is 8.15. The first-order valence-electron chi connectivity index (χ1n) is 4.12. The SMILES string of the molecule is Nc1cc(Cn2cncn2)ccc1Cl. The van der Waals surface area contributed by atoms with Gasteiger partial charge < -0.3 is 5.73 Å². The third-order valence-electron chi connectivity index (χ3n) is 1.87. The number of nitrogens with zero attached hydrogens (tertiary/aromatic N) is 3. The molecule has 72 valence electrons. The van der Waals surface area contributed by atoms with Crippen LogP contribution in [0.2, 0.25) is 5.02 Å². The van der Waals surface area contributed by atoms with Gasteiger partial charge in [-0.3, -0.25) is 0 Å². The van der Waals surface area contributed by atoms with Crippen molar-refractivity contribution >= 4 is 17.3 Å². The number of halogens is 1. The Hall–Kier alpha value is -1.55. The number of nitrogen functional groups attached to an aromatic ring is 1. The molecule has 0 atom stereocenters. The van der Waals surface area contributed by atoms with Gasteiger partial charge in [-0.15, -0.1) is 0 Å². The van der Waals surface area contributed by atoms with Gasteiger partial charge in [-0.1, -0.05) is 17.7 Å². The second-order valence-corrected chi connectivity index (χ2v) is 3.36. The van der Waals surface area contributed by atoms with Crippen LogP contribution in [0.5, 0.6) is 0 Å². The maximum Gasteiger partial charge on any atom is 0.137 e. The zero-order chi connectivity index (χ0) is 9.97. The number of hydrogen-bond donors (Lipinski definition) is 1. The molecular formula is C9H9ClN4. The summed E-state index contributed by atoms with van der Waals surface area (Å²) >= 11 is 5.80. The number of nitrogens with two attached hydrogens (primary N) is 1. The second kappa shape index (κ2) is 3.67. The lowest BCUT2D eigenvalue weighted by Crippen LogP contribution is -2.00. The second-order valence-electron chi connectivity index (χ2n) is 2.95. The van der Waals surface area contributed by atoms with E-state index in [1.165, 1.54) is 6.33 Å². The van der Waals surface area contributed by atoms with Crippen molar-refractivity contribution in [3.63, 3.8) is 0 Å². The summed E-state index contributed by atoms with van der Waals surface area (Å²) in [5, 5.41) is 4.57. The molecular weight excluding hydrogens is 200 g/mol. The minimum Gasteiger partial charge on any atom is -0.398 e. The lowest BCUT2D eigenvalue weighted by Gasteiger charge is -2.03. The van der Waals surface area contributed by atoms with E-state index in [4.69, 9.17) is 17.3 Å². The molecule has 0 aliphatic rings. The van der Waals surface area contributed by atoms with Crippen LogP contribution in [-0.4, -0.2) is 14.8 Å². The Balaban J connectivity index is 2.22. The van der Waals surface area contributed by atoms with Crippen LogP contribution in [0.1, 0.15) is 5.56 Å². The molecule has 2 aromatic rings. The van der Waals surface area contributed by atoms with Crippen LogP contribution in [-0.2, 0) is 6.54 Å². The maximum atomic E-state index is 5.80. The monoisotopic (exact) mass is 208 g/mol. The van der Waals surface area contributed by atoms with Gasteiger partial charge in [0.25, 0.3) is 0 Å². The van der Waals surface area contributed by atoms with E-state index in [2.05, 4.69) is 10.1 Å². The summed E-state index contributed by atoms with van der Waals surface area (Å²) in [6.45, 7) is 0.654. The number of rotatable bonds is 2. The van der Waals surface area contributed by atoms with Gasteiger partial charge >= 0.3 is 0 Å². The van der Waals surface area contributed by atoms with E-state index in [1.807, 2.05) is 12.1 Å². The molecule has 0 saturated carbocycles. The molecule has 0 aliphatic carbocycles. The van der Waals surface area contributed by atoms with E-state index in [1.54, 1.807) is 17.1 Å². The van der Waals surface area contributed by atoms with Gasteiger partial charge in [-0.25, -0.2) is 9.67 Å². The topological polar surface area (TPSA) is 56.7 Å². The summed E-state index contributed by atoms with van der Waals surface area (Å²) in [7, 11) is 0. The summed E-state index contributed by atoms with van der Waals surface area (Å²) in [5.74, 6) is 0. The van der Waals surface area contributed by atoms with Gasteiger partial charge in [-0.2, -0.15) is 5.10 Å². The van der Waals surface area contributed by atoms with Gasteiger partial charge in [-0.05, 0) is 17.7 Å².